The molecule has 2 N–H and O–H groups in total. The Kier molecular flexibility index (Phi) is 5.99. The average Bonchev–Trinajstić information content (AvgIpc) is 2.06. The van der Waals surface area contributed by atoms with Crippen LogP contribution in [0.25, 0.3) is 0 Å². The van der Waals surface area contributed by atoms with Crippen LogP contribution in [0.1, 0.15) is 19.4 Å². The SMILES string of the molecule is CC.N#CCc1cc(N)cc(Br)c1. The number of nitriles is 1. The zero-order chi connectivity index (χ0) is 10.3. The molecule has 0 saturated carbocycles. The Balaban J connectivity index is 0.000000671. The molecular weight excluding hydrogens is 228 g/mol. The molecule has 1 rings (SSSR count). The molecule has 1 aromatic carbocycles. The van der Waals surface area contributed by atoms with E-state index in [9.17, 15) is 0 Å². The summed E-state index contributed by atoms with van der Waals surface area (Å²) in [5, 5.41) is 8.40. The molecule has 0 aliphatic carbocycles. The Morgan fingerprint density at radius 3 is 2.46 bits per heavy atom. The van der Waals surface area contributed by atoms with E-state index in [0.29, 0.717) is 12.1 Å². The number of halogens is 1. The van der Waals surface area contributed by atoms with E-state index in [1.54, 1.807) is 12.1 Å². The first-order valence-electron chi connectivity index (χ1n) is 4.14. The lowest BCUT2D eigenvalue weighted by Gasteiger charge is -1.98. The Bertz CT molecular complexity index is 282. The molecule has 0 radical (unpaired) electrons. The van der Waals surface area contributed by atoms with Crippen molar-refractivity contribution >= 4 is 21.6 Å². The summed E-state index contributed by atoms with van der Waals surface area (Å²) in [5.41, 5.74) is 7.18. The molecule has 0 fully saturated rings. The molecule has 0 unspecified atom stereocenters. The van der Waals surface area contributed by atoms with Gasteiger partial charge >= 0.3 is 0 Å². The lowest BCUT2D eigenvalue weighted by Crippen LogP contribution is -1.88. The van der Waals surface area contributed by atoms with Crippen molar-refractivity contribution in [1.29, 1.82) is 5.26 Å². The Labute approximate surface area is 87.5 Å². The number of hydrogen-bond acceptors (Lipinski definition) is 2. The summed E-state index contributed by atoms with van der Waals surface area (Å²) in [6.07, 6.45) is 0.406. The molecule has 13 heavy (non-hydrogen) atoms. The van der Waals surface area contributed by atoms with Crippen LogP contribution in [0.3, 0.4) is 0 Å². The van der Waals surface area contributed by atoms with E-state index < -0.39 is 0 Å². The van der Waals surface area contributed by atoms with Gasteiger partial charge in [0.25, 0.3) is 0 Å². The molecule has 2 nitrogen and oxygen atoms in total. The maximum Gasteiger partial charge on any atom is 0.0669 e. The van der Waals surface area contributed by atoms with Gasteiger partial charge in [0.15, 0.2) is 0 Å². The maximum absolute atomic E-state index is 8.40. The van der Waals surface area contributed by atoms with Crippen LogP contribution in [0.2, 0.25) is 0 Å². The highest BCUT2D eigenvalue weighted by Crippen LogP contribution is 2.17. The van der Waals surface area contributed by atoms with Gasteiger partial charge in [-0.2, -0.15) is 5.26 Å². The Morgan fingerprint density at radius 1 is 1.38 bits per heavy atom. The molecule has 70 valence electrons. The fourth-order valence-electron chi connectivity index (χ4n) is 0.869. The number of benzene rings is 1. The fourth-order valence-corrected chi connectivity index (χ4v) is 1.43. The smallest absolute Gasteiger partial charge is 0.0669 e. The van der Waals surface area contributed by atoms with Crippen molar-refractivity contribution in [3.8, 4) is 6.07 Å². The van der Waals surface area contributed by atoms with Crippen molar-refractivity contribution in [2.75, 3.05) is 5.73 Å². The van der Waals surface area contributed by atoms with Crippen LogP contribution >= 0.6 is 15.9 Å². The summed E-state index contributed by atoms with van der Waals surface area (Å²) in [5.74, 6) is 0. The van der Waals surface area contributed by atoms with Gasteiger partial charge in [0.2, 0.25) is 0 Å². The minimum Gasteiger partial charge on any atom is -0.399 e. The third kappa shape index (κ3) is 4.54. The van der Waals surface area contributed by atoms with E-state index in [1.807, 2.05) is 19.9 Å². The first kappa shape index (κ1) is 12.0. The molecule has 0 spiro atoms. The van der Waals surface area contributed by atoms with E-state index in [-0.39, 0.29) is 0 Å². The normalized spacial score (nSPS) is 8.15. The van der Waals surface area contributed by atoms with E-state index in [2.05, 4.69) is 22.0 Å². The third-order valence-corrected chi connectivity index (χ3v) is 1.72. The topological polar surface area (TPSA) is 49.8 Å². The van der Waals surface area contributed by atoms with Crippen molar-refractivity contribution < 1.29 is 0 Å². The van der Waals surface area contributed by atoms with Crippen molar-refractivity contribution in [3.63, 3.8) is 0 Å². The van der Waals surface area contributed by atoms with Gasteiger partial charge in [-0.05, 0) is 23.8 Å². The van der Waals surface area contributed by atoms with Gasteiger partial charge in [0.1, 0.15) is 0 Å². The first-order valence-corrected chi connectivity index (χ1v) is 4.93. The van der Waals surface area contributed by atoms with E-state index >= 15 is 0 Å². The predicted octanol–water partition coefficient (Wildman–Crippen LogP) is 3.12. The highest BCUT2D eigenvalue weighted by Gasteiger charge is 1.95. The summed E-state index contributed by atoms with van der Waals surface area (Å²) >= 11 is 3.29. The quantitative estimate of drug-likeness (QED) is 0.768. The second kappa shape index (κ2) is 6.50. The molecule has 0 amide bonds. The van der Waals surface area contributed by atoms with E-state index in [0.717, 1.165) is 10.0 Å². The van der Waals surface area contributed by atoms with Gasteiger partial charge in [0.05, 0.1) is 12.5 Å². The summed E-state index contributed by atoms with van der Waals surface area (Å²) in [4.78, 5) is 0. The van der Waals surface area contributed by atoms with Gasteiger partial charge in [-0.15, -0.1) is 0 Å². The predicted molar refractivity (Wildman–Crippen MR) is 59.2 cm³/mol. The molecule has 0 bridgehead atoms. The van der Waals surface area contributed by atoms with Gasteiger partial charge in [0, 0.05) is 10.2 Å². The van der Waals surface area contributed by atoms with E-state index in [4.69, 9.17) is 11.0 Å². The zero-order valence-corrected chi connectivity index (χ0v) is 9.43. The minimum absolute atomic E-state index is 0.406. The van der Waals surface area contributed by atoms with Gasteiger partial charge in [-0.3, -0.25) is 0 Å². The second-order valence-corrected chi connectivity index (χ2v) is 3.14. The standard InChI is InChI=1S/C8H7BrN2.C2H6/c9-7-3-6(1-2-10)4-8(11)5-7;1-2/h3-5H,1,11H2;1-2H3. The summed E-state index contributed by atoms with van der Waals surface area (Å²) in [7, 11) is 0. The van der Waals surface area contributed by atoms with Crippen LogP contribution < -0.4 is 5.73 Å². The molecule has 0 aliphatic rings. The van der Waals surface area contributed by atoms with Crippen molar-refractivity contribution in [2.24, 2.45) is 0 Å². The lowest BCUT2D eigenvalue weighted by molar-refractivity contribution is 1.26. The Hall–Kier alpha value is -1.01. The van der Waals surface area contributed by atoms with Crippen LogP contribution in [-0.4, -0.2) is 0 Å². The molecule has 3 heteroatoms. The average molecular weight is 241 g/mol. The van der Waals surface area contributed by atoms with Gasteiger partial charge in [-0.1, -0.05) is 29.8 Å². The summed E-state index contributed by atoms with van der Waals surface area (Å²) in [6, 6.07) is 7.56. The number of nitrogen functional groups attached to an aromatic ring is 1. The van der Waals surface area contributed by atoms with Crippen molar-refractivity contribution in [2.45, 2.75) is 20.3 Å². The molecule has 1 aromatic rings. The Morgan fingerprint density at radius 2 is 2.00 bits per heavy atom. The monoisotopic (exact) mass is 240 g/mol. The van der Waals surface area contributed by atoms with Crippen LogP contribution in [0.4, 0.5) is 5.69 Å². The largest absolute Gasteiger partial charge is 0.399 e. The van der Waals surface area contributed by atoms with Crippen LogP contribution in [-0.2, 0) is 6.42 Å². The molecule has 0 aliphatic heterocycles. The fraction of sp³-hybridized carbons (Fsp3) is 0.300. The van der Waals surface area contributed by atoms with Crippen molar-refractivity contribution in [1.82, 2.24) is 0 Å². The van der Waals surface area contributed by atoms with E-state index in [1.165, 1.54) is 0 Å². The molecule has 0 aromatic heterocycles. The van der Waals surface area contributed by atoms with Gasteiger partial charge in [-0.25, -0.2) is 0 Å². The van der Waals surface area contributed by atoms with Crippen molar-refractivity contribution in [3.05, 3.63) is 28.2 Å². The second-order valence-electron chi connectivity index (χ2n) is 2.23. The lowest BCUT2D eigenvalue weighted by atomic mass is 10.1. The molecule has 0 saturated heterocycles. The maximum atomic E-state index is 8.40. The van der Waals surface area contributed by atoms with Crippen LogP contribution in [0.15, 0.2) is 22.7 Å². The number of anilines is 1. The third-order valence-electron chi connectivity index (χ3n) is 1.26. The minimum atomic E-state index is 0.406. The molecule has 0 atom stereocenters. The highest BCUT2D eigenvalue weighted by atomic mass is 79.9. The van der Waals surface area contributed by atoms with Crippen LogP contribution in [0, 0.1) is 11.3 Å². The molecule has 0 heterocycles. The highest BCUT2D eigenvalue weighted by molar-refractivity contribution is 9.10. The first-order chi connectivity index (χ1) is 6.22. The van der Waals surface area contributed by atoms with Gasteiger partial charge < -0.3 is 5.73 Å². The van der Waals surface area contributed by atoms with Crippen LogP contribution in [0.5, 0.6) is 0 Å². The molecular formula is C10H13BrN2. The number of rotatable bonds is 1. The number of nitrogens with zero attached hydrogens (tertiary/aromatic N) is 1. The number of hydrogen-bond donors (Lipinski definition) is 1. The number of nitrogens with two attached hydrogens (primary N) is 1. The summed E-state index contributed by atoms with van der Waals surface area (Å²) in [6.45, 7) is 4.00. The summed E-state index contributed by atoms with van der Waals surface area (Å²) < 4.78 is 0.919. The zero-order valence-electron chi connectivity index (χ0n) is 7.84.